The largest absolute Gasteiger partial charge is 0.314 e. The smallest absolute Gasteiger partial charge is 0.0325 e. The van der Waals surface area contributed by atoms with E-state index in [2.05, 4.69) is 5.32 Å². The minimum atomic E-state index is -3.40. The fourth-order valence-corrected chi connectivity index (χ4v) is 4.42. The maximum Gasteiger partial charge on any atom is 0.0325 e. The highest BCUT2D eigenvalue weighted by molar-refractivity contribution is 5.20. The van der Waals surface area contributed by atoms with E-state index in [4.69, 9.17) is 8.22 Å². The molecule has 4 fully saturated rings. The molecule has 0 aromatic carbocycles. The van der Waals surface area contributed by atoms with Crippen molar-refractivity contribution in [2.75, 3.05) is 7.05 Å². The lowest BCUT2D eigenvalue weighted by Gasteiger charge is -2.74. The summed E-state index contributed by atoms with van der Waals surface area (Å²) < 4.78 is 108. The Morgan fingerprint density at radius 3 is 2.68 bits per heavy atom. The van der Waals surface area contributed by atoms with Gasteiger partial charge in [0.2, 0.25) is 0 Å². The molecule has 0 saturated heterocycles. The summed E-state index contributed by atoms with van der Waals surface area (Å²) in [5.41, 5.74) is -4.03. The van der Waals surface area contributed by atoms with E-state index in [0.29, 0.717) is 0 Å². The Bertz CT molecular complexity index is 776. The number of hydrogen-bond acceptors (Lipinski definition) is 1. The topological polar surface area (TPSA) is 12.0 Å². The maximum atomic E-state index is 9.61. The third kappa shape index (κ3) is 1.41. The van der Waals surface area contributed by atoms with Crippen molar-refractivity contribution in [3.8, 4) is 0 Å². The summed E-state index contributed by atoms with van der Waals surface area (Å²) in [5.74, 6) is -17.8. The van der Waals surface area contributed by atoms with Gasteiger partial charge in [0.15, 0.2) is 0 Å². The van der Waals surface area contributed by atoms with Crippen LogP contribution in [0.15, 0.2) is 0 Å². The van der Waals surface area contributed by atoms with E-state index in [1.165, 1.54) is 34.7 Å². The number of rotatable bonds is 2. The van der Waals surface area contributed by atoms with Crippen LogP contribution in [-0.4, -0.2) is 12.6 Å². The van der Waals surface area contributed by atoms with Gasteiger partial charge in [-0.3, -0.25) is 0 Å². The zero-order chi connectivity index (χ0) is 24.9. The van der Waals surface area contributed by atoms with Crippen LogP contribution in [0.1, 0.15) is 70.7 Å². The Labute approximate surface area is 136 Å². The van der Waals surface area contributed by atoms with E-state index in [0.717, 1.165) is 6.92 Å². The van der Waals surface area contributed by atoms with Crippen molar-refractivity contribution >= 4 is 0 Å². The molecule has 4 saturated carbocycles. The Morgan fingerprint density at radius 2 is 2.16 bits per heavy atom. The molecule has 1 heteroatoms. The van der Waals surface area contributed by atoms with E-state index in [1.54, 1.807) is 0 Å². The molecule has 0 aromatic rings. The molecule has 4 aliphatic rings. The fourth-order valence-electron chi connectivity index (χ4n) is 4.42. The summed E-state index contributed by atoms with van der Waals surface area (Å²) in [6.45, 7) is 3.12. The summed E-state index contributed by atoms with van der Waals surface area (Å²) >= 11 is 0. The van der Waals surface area contributed by atoms with Crippen LogP contribution in [0.4, 0.5) is 0 Å². The van der Waals surface area contributed by atoms with Gasteiger partial charge in [0, 0.05) is 22.0 Å². The Morgan fingerprint density at radius 1 is 1.47 bits per heavy atom. The van der Waals surface area contributed by atoms with Crippen molar-refractivity contribution in [3.05, 3.63) is 0 Å². The Balaban J connectivity index is 2.75. The van der Waals surface area contributed by atoms with Gasteiger partial charge in [-0.2, -0.15) is 0 Å². The molecule has 0 spiro atoms. The fraction of sp³-hybridized carbons (Fsp3) is 1.00. The predicted molar refractivity (Wildman–Crippen MR) is 81.9 cm³/mol. The molecule has 8 unspecified atom stereocenters. The standard InChI is InChI=1S/C18H33N/c1-10(2)16-15-11(3)14-8-17(16,6)13(5)18(9-14,19-7)12(15)4/h10-16,19H,8-9H2,1-7H3/i3D3,9D2,10D,11D,12D,13D,14D,15D,16D. The lowest BCUT2D eigenvalue weighted by molar-refractivity contribution is -0.230. The second kappa shape index (κ2) is 4.00. The van der Waals surface area contributed by atoms with Gasteiger partial charge >= 0.3 is 0 Å². The van der Waals surface area contributed by atoms with Gasteiger partial charge in [0.05, 0.1) is 0 Å². The van der Waals surface area contributed by atoms with Crippen LogP contribution in [-0.2, 0) is 0 Å². The van der Waals surface area contributed by atoms with Crippen molar-refractivity contribution in [2.45, 2.75) is 59.8 Å². The van der Waals surface area contributed by atoms with E-state index in [-0.39, 0.29) is 0 Å². The minimum absolute atomic E-state index is 0.666. The molecular formula is C18H33N. The predicted octanol–water partition coefficient (Wildman–Crippen LogP) is 4.18. The first kappa shape index (κ1) is 5.63. The lowest BCUT2D eigenvalue weighted by Crippen LogP contribution is -2.75. The summed E-state index contributed by atoms with van der Waals surface area (Å²) in [7, 11) is 1.32. The molecular weight excluding hydrogens is 230 g/mol. The minimum Gasteiger partial charge on any atom is -0.314 e. The normalized spacial score (nSPS) is 96.3. The SMILES string of the molecule is [2H]C([2H])([2H])C1([2H])C2([2H])CC3(C)C([2H])(C)C(NC)(C2([2H])[2H])C([2H])(C)C1([2H])C3([2H])C([2H])(C)C. The highest BCUT2D eigenvalue weighted by Crippen LogP contribution is 2.71. The van der Waals surface area contributed by atoms with E-state index < -0.39 is 71.9 Å². The quantitative estimate of drug-likeness (QED) is 0.797. The van der Waals surface area contributed by atoms with Crippen molar-refractivity contribution in [3.63, 3.8) is 0 Å². The highest BCUT2D eigenvalue weighted by atomic mass is 15.0. The Kier molecular flexibility index (Phi) is 1.18. The highest BCUT2D eigenvalue weighted by Gasteiger charge is 2.69. The molecule has 0 aromatic heterocycles. The second-order valence-electron chi connectivity index (χ2n) is 6.49. The van der Waals surface area contributed by atoms with Gasteiger partial charge in [-0.05, 0) is 66.5 Å². The van der Waals surface area contributed by atoms with Gasteiger partial charge in [-0.1, -0.05) is 41.5 Å². The third-order valence-electron chi connectivity index (χ3n) is 5.42. The number of hydrogen-bond donors (Lipinski definition) is 1. The van der Waals surface area contributed by atoms with Crippen molar-refractivity contribution in [1.29, 1.82) is 0 Å². The maximum absolute atomic E-state index is 9.61. The average molecular weight is 276 g/mol. The first-order valence-corrected chi connectivity index (χ1v) is 6.96. The van der Waals surface area contributed by atoms with Crippen LogP contribution in [0, 0.1) is 46.7 Å². The number of nitrogens with one attached hydrogen (secondary N) is 1. The van der Waals surface area contributed by atoms with Crippen molar-refractivity contribution in [1.82, 2.24) is 5.32 Å². The summed E-state index contributed by atoms with van der Waals surface area (Å²) in [6, 6.07) is 0. The molecule has 0 heterocycles. The lowest BCUT2D eigenvalue weighted by atomic mass is 9.33. The van der Waals surface area contributed by atoms with Crippen LogP contribution >= 0.6 is 0 Å². The molecule has 1 N–H and O–H groups in total. The van der Waals surface area contributed by atoms with E-state index in [1.807, 2.05) is 0 Å². The van der Waals surface area contributed by atoms with Gasteiger partial charge in [0.25, 0.3) is 0 Å². The Hall–Kier alpha value is -0.0400. The van der Waals surface area contributed by atoms with Crippen LogP contribution in [0.3, 0.4) is 0 Å². The van der Waals surface area contributed by atoms with Gasteiger partial charge in [-0.15, -0.1) is 0 Å². The van der Waals surface area contributed by atoms with Crippen molar-refractivity contribution in [2.24, 2.45) is 46.7 Å². The molecule has 4 bridgehead atoms. The van der Waals surface area contributed by atoms with E-state index in [9.17, 15) is 8.22 Å². The summed E-state index contributed by atoms with van der Waals surface area (Å²) in [6.07, 6.45) is -3.56. The van der Waals surface area contributed by atoms with Crippen molar-refractivity contribution < 1.29 is 16.4 Å². The van der Waals surface area contributed by atoms with Crippen LogP contribution < -0.4 is 5.32 Å². The summed E-state index contributed by atoms with van der Waals surface area (Å²) in [4.78, 5) is 0. The van der Waals surface area contributed by atoms with Gasteiger partial charge < -0.3 is 5.32 Å². The molecule has 4 rings (SSSR count). The van der Waals surface area contributed by atoms with Gasteiger partial charge in [-0.25, -0.2) is 0 Å². The first-order valence-electron chi connectivity index (χ1n) is 13.0. The summed E-state index contributed by atoms with van der Waals surface area (Å²) in [5, 5.41) is 2.73. The van der Waals surface area contributed by atoms with Crippen LogP contribution in [0.5, 0.6) is 0 Å². The molecule has 4 aliphatic carbocycles. The molecule has 0 amide bonds. The second-order valence-corrected chi connectivity index (χ2v) is 6.49. The molecule has 0 radical (unpaired) electrons. The molecule has 1 nitrogen and oxygen atoms in total. The molecule has 8 atom stereocenters. The monoisotopic (exact) mass is 275 g/mol. The zero-order valence-electron chi connectivity index (χ0n) is 24.7. The van der Waals surface area contributed by atoms with Crippen LogP contribution in [0.2, 0.25) is 0 Å². The molecule has 0 aliphatic heterocycles. The average Bonchev–Trinajstić information content (AvgIpc) is 2.53. The van der Waals surface area contributed by atoms with Gasteiger partial charge in [0.1, 0.15) is 0 Å². The zero-order valence-corrected chi connectivity index (χ0v) is 12.7. The molecule has 110 valence electrons. The third-order valence-corrected chi connectivity index (χ3v) is 5.42. The van der Waals surface area contributed by atoms with Crippen LogP contribution in [0.25, 0.3) is 0 Å². The van der Waals surface area contributed by atoms with E-state index >= 15 is 0 Å². The first-order chi connectivity index (χ1) is 13.3. The molecule has 19 heavy (non-hydrogen) atoms.